The van der Waals surface area contributed by atoms with Crippen molar-refractivity contribution in [2.45, 2.75) is 19.8 Å². The van der Waals surface area contributed by atoms with E-state index in [1.165, 1.54) is 11.8 Å². The maximum Gasteiger partial charge on any atom is 0.304 e. The van der Waals surface area contributed by atoms with Crippen LogP contribution in [0.3, 0.4) is 0 Å². The van der Waals surface area contributed by atoms with Gasteiger partial charge in [-0.3, -0.25) is 4.79 Å². The summed E-state index contributed by atoms with van der Waals surface area (Å²) >= 11 is 6.31. The summed E-state index contributed by atoms with van der Waals surface area (Å²) in [6, 6.07) is 0. The molecular formula is C7H13NO2S2. The third-order valence-electron chi connectivity index (χ3n) is 1.07. The lowest BCUT2D eigenvalue weighted by molar-refractivity contribution is -0.136. The van der Waals surface area contributed by atoms with Gasteiger partial charge in [0.1, 0.15) is 4.32 Å². The van der Waals surface area contributed by atoms with Gasteiger partial charge in [-0.2, -0.15) is 0 Å². The molecule has 5 heteroatoms. The number of carboxylic acids is 1. The van der Waals surface area contributed by atoms with Crippen molar-refractivity contribution in [2.24, 2.45) is 0 Å². The van der Waals surface area contributed by atoms with Gasteiger partial charge in [0.05, 0.1) is 6.42 Å². The van der Waals surface area contributed by atoms with Gasteiger partial charge >= 0.3 is 5.97 Å². The zero-order chi connectivity index (χ0) is 9.40. The Labute approximate surface area is 81.9 Å². The minimum absolute atomic E-state index is 0.165. The van der Waals surface area contributed by atoms with Gasteiger partial charge in [-0.15, -0.1) is 0 Å². The normalized spacial score (nSPS) is 9.42. The van der Waals surface area contributed by atoms with Crippen molar-refractivity contribution in [1.82, 2.24) is 5.32 Å². The number of hydrogen-bond acceptors (Lipinski definition) is 3. The predicted octanol–water partition coefficient (Wildman–Crippen LogP) is 1.48. The van der Waals surface area contributed by atoms with Crippen LogP contribution in [-0.4, -0.2) is 27.7 Å². The van der Waals surface area contributed by atoms with Crippen molar-refractivity contribution in [1.29, 1.82) is 0 Å². The molecule has 70 valence electrons. The number of rotatable bonds is 5. The summed E-state index contributed by atoms with van der Waals surface area (Å²) < 4.78 is 0.693. The molecule has 0 unspecified atom stereocenters. The first-order valence-corrected chi connectivity index (χ1v) is 5.18. The molecule has 0 heterocycles. The molecule has 0 saturated carbocycles. The molecule has 0 radical (unpaired) electrons. The van der Waals surface area contributed by atoms with E-state index in [4.69, 9.17) is 17.3 Å². The van der Waals surface area contributed by atoms with E-state index in [0.29, 0.717) is 10.1 Å². The highest BCUT2D eigenvalue weighted by molar-refractivity contribution is 8.22. The van der Waals surface area contributed by atoms with E-state index < -0.39 is 5.97 Å². The Morgan fingerprint density at radius 1 is 1.67 bits per heavy atom. The van der Waals surface area contributed by atoms with Crippen LogP contribution in [0.25, 0.3) is 0 Å². The van der Waals surface area contributed by atoms with Crippen molar-refractivity contribution in [3.05, 3.63) is 0 Å². The maximum absolute atomic E-state index is 10.1. The molecule has 2 N–H and O–H groups in total. The van der Waals surface area contributed by atoms with E-state index >= 15 is 0 Å². The van der Waals surface area contributed by atoms with Gasteiger partial charge < -0.3 is 10.4 Å². The molecule has 12 heavy (non-hydrogen) atoms. The Bertz CT molecular complexity index is 161. The van der Waals surface area contributed by atoms with E-state index in [-0.39, 0.29) is 6.42 Å². The molecule has 0 aliphatic heterocycles. The summed E-state index contributed by atoms with van der Waals surface area (Å²) in [7, 11) is 0. The first-order chi connectivity index (χ1) is 5.66. The summed E-state index contributed by atoms with van der Waals surface area (Å²) in [4.78, 5) is 10.1. The number of thioether (sulfide) groups is 1. The molecule has 3 nitrogen and oxygen atoms in total. The molecule has 0 fully saturated rings. The number of carboxylic acid groups (broad SMARTS) is 1. The minimum atomic E-state index is -0.777. The minimum Gasteiger partial charge on any atom is -0.481 e. The Kier molecular flexibility index (Phi) is 7.19. The molecule has 0 aromatic heterocycles. The van der Waals surface area contributed by atoms with Crippen LogP contribution in [0.1, 0.15) is 19.8 Å². The Hall–Kier alpha value is -0.290. The maximum atomic E-state index is 10.1. The van der Waals surface area contributed by atoms with Gasteiger partial charge in [0, 0.05) is 12.3 Å². The second-order valence-electron chi connectivity index (χ2n) is 2.21. The zero-order valence-electron chi connectivity index (χ0n) is 7.00. The average Bonchev–Trinajstić information content (AvgIpc) is 2.00. The van der Waals surface area contributed by atoms with Crippen molar-refractivity contribution in [3.63, 3.8) is 0 Å². The largest absolute Gasteiger partial charge is 0.481 e. The molecule has 0 spiro atoms. The van der Waals surface area contributed by atoms with E-state index in [1.54, 1.807) is 0 Å². The molecule has 0 amide bonds. The predicted molar refractivity (Wildman–Crippen MR) is 55.6 cm³/mol. The lowest BCUT2D eigenvalue weighted by Gasteiger charge is -2.03. The molecule has 0 aliphatic carbocycles. The zero-order valence-corrected chi connectivity index (χ0v) is 8.63. The van der Waals surface area contributed by atoms with Gasteiger partial charge in [0.15, 0.2) is 0 Å². The first kappa shape index (κ1) is 11.7. The number of carbonyl (C=O) groups is 1. The third kappa shape index (κ3) is 7.81. The highest BCUT2D eigenvalue weighted by Crippen LogP contribution is 2.03. The van der Waals surface area contributed by atoms with Crippen molar-refractivity contribution >= 4 is 34.3 Å². The van der Waals surface area contributed by atoms with E-state index in [2.05, 4.69) is 12.2 Å². The lowest BCUT2D eigenvalue weighted by Crippen LogP contribution is -2.19. The monoisotopic (exact) mass is 207 g/mol. The molecule has 0 aliphatic rings. The van der Waals surface area contributed by atoms with Crippen LogP contribution < -0.4 is 5.32 Å². The van der Waals surface area contributed by atoms with Crippen LogP contribution in [-0.2, 0) is 4.79 Å². The van der Waals surface area contributed by atoms with Crippen LogP contribution in [0, 0.1) is 0 Å². The standard InChI is InChI=1S/C7H13NO2S2/c1-2-4-8-7(11)12-5-3-6(9)10/h2-5H2,1H3,(H,8,11)(H,9,10). The smallest absolute Gasteiger partial charge is 0.304 e. The van der Waals surface area contributed by atoms with Crippen molar-refractivity contribution < 1.29 is 9.90 Å². The number of hydrogen-bond donors (Lipinski definition) is 2. The summed E-state index contributed by atoms with van der Waals surface area (Å²) in [6.45, 7) is 2.91. The first-order valence-electron chi connectivity index (χ1n) is 3.79. The Balaban J connectivity index is 3.25. The summed E-state index contributed by atoms with van der Waals surface area (Å²) in [6.07, 6.45) is 1.19. The molecule has 0 bridgehead atoms. The molecule has 0 aromatic carbocycles. The fraction of sp³-hybridized carbons (Fsp3) is 0.714. The Morgan fingerprint density at radius 2 is 2.33 bits per heavy atom. The fourth-order valence-corrected chi connectivity index (χ4v) is 1.53. The second kappa shape index (κ2) is 7.36. The highest BCUT2D eigenvalue weighted by Gasteiger charge is 1.99. The molecule has 0 saturated heterocycles. The van der Waals surface area contributed by atoms with E-state index in [1.807, 2.05) is 0 Å². The summed E-state index contributed by atoms with van der Waals surface area (Å²) in [5.41, 5.74) is 0. The number of nitrogens with one attached hydrogen (secondary N) is 1. The van der Waals surface area contributed by atoms with E-state index in [0.717, 1.165) is 13.0 Å². The topological polar surface area (TPSA) is 49.3 Å². The van der Waals surface area contributed by atoms with Gasteiger partial charge in [-0.25, -0.2) is 0 Å². The van der Waals surface area contributed by atoms with Gasteiger partial charge in [-0.05, 0) is 6.42 Å². The molecule has 0 atom stereocenters. The molecular weight excluding hydrogens is 194 g/mol. The van der Waals surface area contributed by atoms with Gasteiger partial charge in [0.25, 0.3) is 0 Å². The van der Waals surface area contributed by atoms with Crippen LogP contribution in [0.4, 0.5) is 0 Å². The quantitative estimate of drug-likeness (QED) is 0.669. The SMILES string of the molecule is CCCNC(=S)SCCC(=O)O. The van der Waals surface area contributed by atoms with Gasteiger partial charge in [0.2, 0.25) is 0 Å². The lowest BCUT2D eigenvalue weighted by atomic mass is 10.5. The van der Waals surface area contributed by atoms with Crippen LogP contribution in [0.2, 0.25) is 0 Å². The van der Waals surface area contributed by atoms with Gasteiger partial charge in [-0.1, -0.05) is 30.9 Å². The highest BCUT2D eigenvalue weighted by atomic mass is 32.2. The summed E-state index contributed by atoms with van der Waals surface area (Å²) in [5.74, 6) is -0.231. The number of aliphatic carboxylic acids is 1. The third-order valence-corrected chi connectivity index (χ3v) is 2.38. The van der Waals surface area contributed by atoms with Crippen molar-refractivity contribution in [3.8, 4) is 0 Å². The van der Waals surface area contributed by atoms with Crippen molar-refractivity contribution in [2.75, 3.05) is 12.3 Å². The summed E-state index contributed by atoms with van der Waals surface area (Å²) in [5, 5.41) is 11.3. The van der Waals surface area contributed by atoms with Crippen LogP contribution in [0.5, 0.6) is 0 Å². The van der Waals surface area contributed by atoms with Crippen LogP contribution in [0.15, 0.2) is 0 Å². The second-order valence-corrected chi connectivity index (χ2v) is 3.98. The average molecular weight is 207 g/mol. The van der Waals surface area contributed by atoms with E-state index in [9.17, 15) is 4.79 Å². The molecule has 0 aromatic rings. The van der Waals surface area contributed by atoms with Crippen LogP contribution >= 0.6 is 24.0 Å². The fourth-order valence-electron chi connectivity index (χ4n) is 0.509. The molecule has 0 rings (SSSR count). The number of thiocarbonyl (C=S) groups is 1. The Morgan fingerprint density at radius 3 is 2.83 bits per heavy atom.